The number of rotatable bonds is 5. The lowest BCUT2D eigenvalue weighted by Crippen LogP contribution is -2.44. The Balaban J connectivity index is 1.37. The van der Waals surface area contributed by atoms with Gasteiger partial charge in [0, 0.05) is 60.4 Å². The van der Waals surface area contributed by atoms with Crippen molar-refractivity contribution in [2.24, 2.45) is 0 Å². The van der Waals surface area contributed by atoms with Crippen molar-refractivity contribution in [1.82, 2.24) is 20.0 Å². The third-order valence-corrected chi connectivity index (χ3v) is 5.89. The van der Waals surface area contributed by atoms with Crippen LogP contribution in [0, 0.1) is 5.82 Å². The van der Waals surface area contributed by atoms with Crippen molar-refractivity contribution in [2.45, 2.75) is 45.3 Å². The Labute approximate surface area is 213 Å². The topological polar surface area (TPSA) is 103 Å². The van der Waals surface area contributed by atoms with Gasteiger partial charge in [0.05, 0.1) is 11.7 Å². The van der Waals surface area contributed by atoms with Gasteiger partial charge in [0.15, 0.2) is 0 Å². The summed E-state index contributed by atoms with van der Waals surface area (Å²) < 4.78 is 30.6. The number of piperidine rings is 1. The van der Waals surface area contributed by atoms with Crippen molar-refractivity contribution < 1.29 is 23.2 Å². The number of carbonyl (C=O) groups excluding carboxylic acids is 1. The molecule has 37 heavy (non-hydrogen) atoms. The summed E-state index contributed by atoms with van der Waals surface area (Å²) in [6.45, 7) is 6.65. The normalized spacial score (nSPS) is 14.5. The van der Waals surface area contributed by atoms with Gasteiger partial charge in [-0.1, -0.05) is 11.2 Å². The third kappa shape index (κ3) is 5.96. The van der Waals surface area contributed by atoms with Gasteiger partial charge in [0.25, 0.3) is 0 Å². The van der Waals surface area contributed by atoms with E-state index in [4.69, 9.17) is 14.0 Å². The monoisotopic (exact) mass is 505 g/mol. The SMILES string of the molecule is CC(C)(C)OC(=O)N1CCC(Oc2cc3nc(Nc4cccc(F)c4)ncc3cc2-c2cnoc2)CC1. The van der Waals surface area contributed by atoms with Crippen molar-refractivity contribution in [3.05, 3.63) is 60.9 Å². The molecule has 1 N–H and O–H groups in total. The first kappa shape index (κ1) is 24.5. The second kappa shape index (κ2) is 10.0. The smallest absolute Gasteiger partial charge is 0.410 e. The van der Waals surface area contributed by atoms with Crippen molar-refractivity contribution in [3.8, 4) is 16.9 Å². The summed E-state index contributed by atoms with van der Waals surface area (Å²) in [5, 5.41) is 7.67. The molecule has 3 heterocycles. The number of aromatic nitrogens is 3. The van der Waals surface area contributed by atoms with Crippen LogP contribution in [-0.2, 0) is 4.74 Å². The molecule has 0 bridgehead atoms. The molecule has 1 amide bonds. The van der Waals surface area contributed by atoms with Crippen LogP contribution in [0.4, 0.5) is 20.8 Å². The molecule has 0 aliphatic carbocycles. The first-order valence-electron chi connectivity index (χ1n) is 12.1. The molecule has 0 spiro atoms. The molecule has 0 atom stereocenters. The summed E-state index contributed by atoms with van der Waals surface area (Å²) in [7, 11) is 0. The number of benzene rings is 2. The number of nitrogens with one attached hydrogen (secondary N) is 1. The Hall–Kier alpha value is -4.21. The molecular weight excluding hydrogens is 477 g/mol. The van der Waals surface area contributed by atoms with Crippen molar-refractivity contribution >= 4 is 28.6 Å². The van der Waals surface area contributed by atoms with Crippen LogP contribution < -0.4 is 10.1 Å². The summed E-state index contributed by atoms with van der Waals surface area (Å²) >= 11 is 0. The van der Waals surface area contributed by atoms with Gasteiger partial charge in [-0.2, -0.15) is 0 Å². The minimum atomic E-state index is -0.534. The van der Waals surface area contributed by atoms with Crippen LogP contribution in [0.3, 0.4) is 0 Å². The van der Waals surface area contributed by atoms with E-state index in [1.165, 1.54) is 12.1 Å². The number of carbonyl (C=O) groups is 1. The van der Waals surface area contributed by atoms with E-state index in [0.29, 0.717) is 48.8 Å². The molecule has 1 aliphatic rings. The second-order valence-electron chi connectivity index (χ2n) is 9.93. The minimum absolute atomic E-state index is 0.0959. The Bertz CT molecular complexity index is 1400. The Morgan fingerprint density at radius 3 is 2.68 bits per heavy atom. The number of likely N-dealkylation sites (tertiary alicyclic amines) is 1. The molecule has 2 aromatic carbocycles. The molecule has 9 nitrogen and oxygen atoms in total. The summed E-state index contributed by atoms with van der Waals surface area (Å²) in [5.74, 6) is 0.617. The van der Waals surface area contributed by atoms with Crippen LogP contribution >= 0.6 is 0 Å². The van der Waals surface area contributed by atoms with Crippen LogP contribution in [0.2, 0.25) is 0 Å². The number of halogens is 1. The Morgan fingerprint density at radius 1 is 1.16 bits per heavy atom. The average Bonchev–Trinajstić information content (AvgIpc) is 3.38. The Morgan fingerprint density at radius 2 is 1.97 bits per heavy atom. The van der Waals surface area contributed by atoms with Crippen LogP contribution in [0.5, 0.6) is 5.75 Å². The number of fused-ring (bicyclic) bond motifs is 1. The lowest BCUT2D eigenvalue weighted by Gasteiger charge is -2.33. The van der Waals surface area contributed by atoms with Crippen molar-refractivity contribution in [1.29, 1.82) is 0 Å². The number of anilines is 2. The molecule has 0 radical (unpaired) electrons. The molecule has 1 saturated heterocycles. The number of amides is 1. The van der Waals surface area contributed by atoms with Gasteiger partial charge in [-0.25, -0.2) is 19.2 Å². The zero-order chi connectivity index (χ0) is 26.0. The zero-order valence-electron chi connectivity index (χ0n) is 20.9. The number of hydrogen-bond donors (Lipinski definition) is 1. The highest BCUT2D eigenvalue weighted by Gasteiger charge is 2.28. The van der Waals surface area contributed by atoms with Gasteiger partial charge in [0.2, 0.25) is 5.95 Å². The minimum Gasteiger partial charge on any atom is -0.490 e. The standard InChI is InChI=1S/C27H28FN5O4/c1-27(2,3)37-26(34)33-9-7-21(8-10-33)36-24-13-23-17(11-22(24)18-15-30-35-16-18)14-29-25(32-23)31-20-6-4-5-19(28)12-20/h4-6,11-16,21H,7-10H2,1-3H3,(H,29,31,32). The van der Waals surface area contributed by atoms with E-state index in [2.05, 4.69) is 20.4 Å². The lowest BCUT2D eigenvalue weighted by molar-refractivity contribution is 0.0127. The molecule has 1 aliphatic heterocycles. The number of hydrogen-bond acceptors (Lipinski definition) is 8. The quantitative estimate of drug-likeness (QED) is 0.355. The van der Waals surface area contributed by atoms with E-state index in [9.17, 15) is 9.18 Å². The van der Waals surface area contributed by atoms with Crippen molar-refractivity contribution in [3.63, 3.8) is 0 Å². The average molecular weight is 506 g/mol. The molecule has 0 unspecified atom stereocenters. The molecule has 4 aromatic rings. The Kier molecular flexibility index (Phi) is 6.64. The molecule has 1 fully saturated rings. The maximum absolute atomic E-state index is 13.6. The van der Waals surface area contributed by atoms with Gasteiger partial charge in [-0.05, 0) is 45.0 Å². The summed E-state index contributed by atoms with van der Waals surface area (Å²) in [6, 6.07) is 9.89. The van der Waals surface area contributed by atoms with Crippen LogP contribution in [0.25, 0.3) is 22.0 Å². The molecular formula is C27H28FN5O4. The van der Waals surface area contributed by atoms with Gasteiger partial charge in [-0.15, -0.1) is 0 Å². The highest BCUT2D eigenvalue weighted by atomic mass is 19.1. The van der Waals surface area contributed by atoms with Crippen molar-refractivity contribution in [2.75, 3.05) is 18.4 Å². The number of ether oxygens (including phenoxy) is 2. The molecule has 0 saturated carbocycles. The van der Waals surface area contributed by atoms with Crippen LogP contribution in [0.15, 0.2) is 59.6 Å². The maximum Gasteiger partial charge on any atom is 0.410 e. The fourth-order valence-electron chi connectivity index (χ4n) is 4.14. The number of nitrogens with zero attached hydrogens (tertiary/aromatic N) is 4. The third-order valence-electron chi connectivity index (χ3n) is 5.89. The van der Waals surface area contributed by atoms with E-state index < -0.39 is 5.60 Å². The largest absolute Gasteiger partial charge is 0.490 e. The highest BCUT2D eigenvalue weighted by molar-refractivity contribution is 5.88. The van der Waals surface area contributed by atoms with Crippen LogP contribution in [-0.4, -0.2) is 50.9 Å². The molecule has 10 heteroatoms. The summed E-state index contributed by atoms with van der Waals surface area (Å²) in [5.41, 5.74) is 2.25. The highest BCUT2D eigenvalue weighted by Crippen LogP contribution is 2.35. The van der Waals surface area contributed by atoms with Gasteiger partial charge in [-0.3, -0.25) is 0 Å². The zero-order valence-corrected chi connectivity index (χ0v) is 20.9. The van der Waals surface area contributed by atoms with Gasteiger partial charge >= 0.3 is 6.09 Å². The van der Waals surface area contributed by atoms with E-state index in [-0.39, 0.29) is 18.0 Å². The molecule has 5 rings (SSSR count). The van der Waals surface area contributed by atoms with E-state index in [1.807, 2.05) is 32.9 Å². The van der Waals surface area contributed by atoms with E-state index in [0.717, 1.165) is 16.5 Å². The lowest BCUT2D eigenvalue weighted by atomic mass is 10.0. The predicted octanol–water partition coefficient (Wildman–Crippen LogP) is 5.95. The maximum atomic E-state index is 13.6. The molecule has 2 aromatic heterocycles. The fourth-order valence-corrected chi connectivity index (χ4v) is 4.14. The van der Waals surface area contributed by atoms with Gasteiger partial charge in [0.1, 0.15) is 29.5 Å². The van der Waals surface area contributed by atoms with E-state index in [1.54, 1.807) is 35.7 Å². The first-order valence-corrected chi connectivity index (χ1v) is 12.1. The first-order chi connectivity index (χ1) is 17.7. The van der Waals surface area contributed by atoms with Crippen LogP contribution in [0.1, 0.15) is 33.6 Å². The fraction of sp³-hybridized carbons (Fsp3) is 0.333. The summed E-state index contributed by atoms with van der Waals surface area (Å²) in [4.78, 5) is 23.1. The van der Waals surface area contributed by atoms with Gasteiger partial charge < -0.3 is 24.2 Å². The molecule has 192 valence electrons. The second-order valence-corrected chi connectivity index (χ2v) is 9.93. The predicted molar refractivity (Wildman–Crippen MR) is 136 cm³/mol. The van der Waals surface area contributed by atoms with E-state index >= 15 is 0 Å². The summed E-state index contributed by atoms with van der Waals surface area (Å²) in [6.07, 6.45) is 5.80.